The Bertz CT molecular complexity index is 488. The minimum Gasteiger partial charge on any atom is -0.493 e. The number of carbonyl (C=O) groups excluding carboxylic acids is 1. The molecule has 1 aromatic carbocycles. The highest BCUT2D eigenvalue weighted by Gasteiger charge is 2.31. The summed E-state index contributed by atoms with van der Waals surface area (Å²) in [5, 5.41) is 3.05. The van der Waals surface area contributed by atoms with E-state index in [4.69, 9.17) is 10.5 Å². The molecule has 4 nitrogen and oxygen atoms in total. The van der Waals surface area contributed by atoms with E-state index < -0.39 is 0 Å². The first-order valence-electron chi connectivity index (χ1n) is 8.29. The van der Waals surface area contributed by atoms with Gasteiger partial charge >= 0.3 is 0 Å². The van der Waals surface area contributed by atoms with E-state index in [1.54, 1.807) is 0 Å². The minimum atomic E-state index is 0.0883. The molecule has 1 aliphatic carbocycles. The average molecular weight is 304 g/mol. The number of carbonyl (C=O) groups is 1. The number of nitrogens with one attached hydrogen (secondary N) is 1. The second-order valence-corrected chi connectivity index (χ2v) is 6.60. The number of nitrogens with two attached hydrogens (primary N) is 1. The Kier molecular flexibility index (Phi) is 6.25. The molecule has 0 radical (unpaired) electrons. The Morgan fingerprint density at radius 1 is 1.41 bits per heavy atom. The van der Waals surface area contributed by atoms with Crippen LogP contribution in [-0.2, 0) is 11.3 Å². The first kappa shape index (κ1) is 16.8. The van der Waals surface area contributed by atoms with Gasteiger partial charge < -0.3 is 15.8 Å². The Hall–Kier alpha value is -1.55. The molecular weight excluding hydrogens is 276 g/mol. The Labute approximate surface area is 133 Å². The summed E-state index contributed by atoms with van der Waals surface area (Å²) in [7, 11) is 0. The molecule has 0 aromatic heterocycles. The van der Waals surface area contributed by atoms with Gasteiger partial charge in [0, 0.05) is 12.5 Å². The van der Waals surface area contributed by atoms with E-state index in [-0.39, 0.29) is 11.8 Å². The van der Waals surface area contributed by atoms with E-state index in [2.05, 4.69) is 19.2 Å². The van der Waals surface area contributed by atoms with Crippen LogP contribution in [-0.4, -0.2) is 19.1 Å². The van der Waals surface area contributed by atoms with Crippen LogP contribution in [0.3, 0.4) is 0 Å². The Balaban J connectivity index is 1.85. The van der Waals surface area contributed by atoms with E-state index in [1.807, 2.05) is 24.3 Å². The second-order valence-electron chi connectivity index (χ2n) is 6.60. The lowest BCUT2D eigenvalue weighted by molar-refractivity contribution is -0.126. The van der Waals surface area contributed by atoms with Gasteiger partial charge in [0.2, 0.25) is 5.91 Å². The fourth-order valence-electron chi connectivity index (χ4n) is 2.99. The number of benzene rings is 1. The first-order valence-corrected chi connectivity index (χ1v) is 8.29. The monoisotopic (exact) mass is 304 g/mol. The van der Waals surface area contributed by atoms with Gasteiger partial charge in [-0.05, 0) is 48.9 Å². The van der Waals surface area contributed by atoms with Crippen LogP contribution in [0.5, 0.6) is 5.75 Å². The van der Waals surface area contributed by atoms with Crippen molar-refractivity contribution in [3.05, 3.63) is 29.8 Å². The zero-order valence-electron chi connectivity index (χ0n) is 13.7. The predicted octanol–water partition coefficient (Wildman–Crippen LogP) is 2.71. The largest absolute Gasteiger partial charge is 0.493 e. The van der Waals surface area contributed by atoms with Crippen molar-refractivity contribution in [2.24, 2.45) is 23.5 Å². The number of hydrogen-bond donors (Lipinski definition) is 2. The summed E-state index contributed by atoms with van der Waals surface area (Å²) in [6.45, 7) is 6.11. The fourth-order valence-corrected chi connectivity index (χ4v) is 2.99. The molecule has 3 N–H and O–H groups in total. The van der Waals surface area contributed by atoms with Gasteiger partial charge in [-0.25, -0.2) is 0 Å². The molecule has 1 fully saturated rings. The van der Waals surface area contributed by atoms with Crippen molar-refractivity contribution in [2.45, 2.75) is 39.7 Å². The lowest BCUT2D eigenvalue weighted by Crippen LogP contribution is -2.34. The first-order chi connectivity index (χ1) is 10.6. The van der Waals surface area contributed by atoms with Crippen LogP contribution in [0.1, 0.15) is 38.7 Å². The highest BCUT2D eigenvalue weighted by Crippen LogP contribution is 2.31. The van der Waals surface area contributed by atoms with Gasteiger partial charge in [-0.2, -0.15) is 0 Å². The quantitative estimate of drug-likeness (QED) is 0.814. The number of amides is 1. The molecule has 1 amide bonds. The SMILES string of the molecule is CC(C)COc1cccc(CNC(=O)[C@@H]2CCC[C@@H]2CN)c1. The van der Waals surface area contributed by atoms with Gasteiger partial charge in [-0.15, -0.1) is 0 Å². The molecular formula is C18H28N2O2. The Morgan fingerprint density at radius 2 is 2.23 bits per heavy atom. The number of ether oxygens (including phenoxy) is 1. The van der Waals surface area contributed by atoms with Crippen molar-refractivity contribution in [1.29, 1.82) is 0 Å². The summed E-state index contributed by atoms with van der Waals surface area (Å²) in [6, 6.07) is 7.93. The zero-order chi connectivity index (χ0) is 15.9. The molecule has 0 unspecified atom stereocenters. The predicted molar refractivity (Wildman–Crippen MR) is 88.5 cm³/mol. The van der Waals surface area contributed by atoms with Gasteiger partial charge in [-0.1, -0.05) is 32.4 Å². The van der Waals surface area contributed by atoms with Crippen LogP contribution in [0.15, 0.2) is 24.3 Å². The van der Waals surface area contributed by atoms with Crippen LogP contribution in [0.2, 0.25) is 0 Å². The highest BCUT2D eigenvalue weighted by molar-refractivity contribution is 5.79. The van der Waals surface area contributed by atoms with Gasteiger partial charge in [0.05, 0.1) is 6.61 Å². The van der Waals surface area contributed by atoms with E-state index in [9.17, 15) is 4.79 Å². The molecule has 122 valence electrons. The smallest absolute Gasteiger partial charge is 0.223 e. The molecule has 0 spiro atoms. The zero-order valence-corrected chi connectivity index (χ0v) is 13.7. The maximum atomic E-state index is 12.3. The fraction of sp³-hybridized carbons (Fsp3) is 0.611. The minimum absolute atomic E-state index is 0.0883. The van der Waals surface area contributed by atoms with Gasteiger partial charge in [-0.3, -0.25) is 4.79 Å². The third-order valence-corrected chi connectivity index (χ3v) is 4.25. The summed E-state index contributed by atoms with van der Waals surface area (Å²) in [6.07, 6.45) is 3.15. The molecule has 2 atom stereocenters. The van der Waals surface area contributed by atoms with Crippen molar-refractivity contribution in [3.63, 3.8) is 0 Å². The molecule has 4 heteroatoms. The molecule has 22 heavy (non-hydrogen) atoms. The maximum absolute atomic E-state index is 12.3. The van der Waals surface area contributed by atoms with E-state index in [1.165, 1.54) is 0 Å². The maximum Gasteiger partial charge on any atom is 0.223 e. The van der Waals surface area contributed by atoms with Crippen LogP contribution in [0, 0.1) is 17.8 Å². The van der Waals surface area contributed by atoms with Gasteiger partial charge in [0.1, 0.15) is 5.75 Å². The van der Waals surface area contributed by atoms with Crippen LogP contribution in [0.25, 0.3) is 0 Å². The van der Waals surface area contributed by atoms with Crippen molar-refractivity contribution >= 4 is 5.91 Å². The summed E-state index contributed by atoms with van der Waals surface area (Å²) >= 11 is 0. The van der Waals surface area contributed by atoms with Crippen LogP contribution >= 0.6 is 0 Å². The van der Waals surface area contributed by atoms with Gasteiger partial charge in [0.25, 0.3) is 0 Å². The third-order valence-electron chi connectivity index (χ3n) is 4.25. The van der Waals surface area contributed by atoms with E-state index >= 15 is 0 Å². The van der Waals surface area contributed by atoms with E-state index in [0.29, 0.717) is 31.5 Å². The third kappa shape index (κ3) is 4.73. The van der Waals surface area contributed by atoms with Crippen LogP contribution in [0.4, 0.5) is 0 Å². The summed E-state index contributed by atoms with van der Waals surface area (Å²) in [4.78, 5) is 12.3. The lowest BCUT2D eigenvalue weighted by Gasteiger charge is -2.17. The molecule has 0 bridgehead atoms. The number of hydrogen-bond acceptors (Lipinski definition) is 3. The Morgan fingerprint density at radius 3 is 2.95 bits per heavy atom. The topological polar surface area (TPSA) is 64.3 Å². The highest BCUT2D eigenvalue weighted by atomic mass is 16.5. The lowest BCUT2D eigenvalue weighted by atomic mass is 9.95. The summed E-state index contributed by atoms with van der Waals surface area (Å²) < 4.78 is 5.72. The normalized spacial score (nSPS) is 21.1. The average Bonchev–Trinajstić information content (AvgIpc) is 2.99. The molecule has 1 aromatic rings. The van der Waals surface area contributed by atoms with E-state index in [0.717, 1.165) is 30.6 Å². The number of rotatable bonds is 7. The van der Waals surface area contributed by atoms with Crippen molar-refractivity contribution in [3.8, 4) is 5.75 Å². The standard InChI is InChI=1S/C18H28N2O2/c1-13(2)12-22-16-7-3-5-14(9-16)11-20-18(21)17-8-4-6-15(17)10-19/h3,5,7,9,13,15,17H,4,6,8,10-12,19H2,1-2H3,(H,20,21)/t15-,17-/m1/s1. The molecule has 0 aliphatic heterocycles. The molecule has 2 rings (SSSR count). The van der Waals surface area contributed by atoms with Crippen molar-refractivity contribution < 1.29 is 9.53 Å². The van der Waals surface area contributed by atoms with Gasteiger partial charge in [0.15, 0.2) is 0 Å². The second kappa shape index (κ2) is 8.18. The molecule has 1 aliphatic rings. The molecule has 0 saturated heterocycles. The molecule has 1 saturated carbocycles. The summed E-state index contributed by atoms with van der Waals surface area (Å²) in [5.74, 6) is 1.94. The van der Waals surface area contributed by atoms with Crippen molar-refractivity contribution in [1.82, 2.24) is 5.32 Å². The van der Waals surface area contributed by atoms with Crippen molar-refractivity contribution in [2.75, 3.05) is 13.2 Å². The summed E-state index contributed by atoms with van der Waals surface area (Å²) in [5.41, 5.74) is 6.82. The van der Waals surface area contributed by atoms with Crippen LogP contribution < -0.4 is 15.8 Å². The molecule has 0 heterocycles.